The van der Waals surface area contributed by atoms with Crippen molar-refractivity contribution < 1.29 is 9.59 Å². The van der Waals surface area contributed by atoms with E-state index in [-0.39, 0.29) is 18.0 Å². The second-order valence-corrected chi connectivity index (χ2v) is 7.04. The largest absolute Gasteiger partial charge is 0.336 e. The Bertz CT molecular complexity index is 668. The predicted molar refractivity (Wildman–Crippen MR) is 88.5 cm³/mol. The quantitative estimate of drug-likeness (QED) is 0.897. The van der Waals surface area contributed by atoms with Crippen molar-refractivity contribution in [3.05, 3.63) is 17.2 Å². The number of carbonyl (C=O) groups is 2. The molecule has 3 heterocycles. The van der Waals surface area contributed by atoms with Gasteiger partial charge in [0.25, 0.3) is 0 Å². The van der Waals surface area contributed by atoms with Gasteiger partial charge in [0.2, 0.25) is 5.91 Å². The molecule has 3 aliphatic rings. The number of fused-ring (bicyclic) bond motifs is 1. The molecule has 130 valence electrons. The zero-order chi connectivity index (χ0) is 16.7. The van der Waals surface area contributed by atoms with Crippen LogP contribution in [0, 0.1) is 0 Å². The number of aryl methyl sites for hydroxylation is 1. The Labute approximate surface area is 142 Å². The number of amides is 3. The first-order chi connectivity index (χ1) is 11.6. The molecule has 0 unspecified atom stereocenters. The lowest BCUT2D eigenvalue weighted by Gasteiger charge is -2.25. The second-order valence-electron chi connectivity index (χ2n) is 7.04. The lowest BCUT2D eigenvalue weighted by atomic mass is 10.0. The lowest BCUT2D eigenvalue weighted by molar-refractivity contribution is -0.129. The second kappa shape index (κ2) is 6.20. The minimum absolute atomic E-state index is 0.101. The monoisotopic (exact) mass is 331 g/mol. The van der Waals surface area contributed by atoms with Gasteiger partial charge in [-0.2, -0.15) is 0 Å². The van der Waals surface area contributed by atoms with Crippen LogP contribution in [0.25, 0.3) is 0 Å². The van der Waals surface area contributed by atoms with Crippen LogP contribution < -0.4 is 5.32 Å². The van der Waals surface area contributed by atoms with Gasteiger partial charge in [0, 0.05) is 25.8 Å². The van der Waals surface area contributed by atoms with Gasteiger partial charge in [0.05, 0.1) is 18.3 Å². The summed E-state index contributed by atoms with van der Waals surface area (Å²) < 4.78 is 2.25. The van der Waals surface area contributed by atoms with E-state index in [0.717, 1.165) is 38.1 Å². The van der Waals surface area contributed by atoms with E-state index < -0.39 is 0 Å². The fourth-order valence-corrected chi connectivity index (χ4v) is 4.28. The van der Waals surface area contributed by atoms with Gasteiger partial charge in [-0.05, 0) is 45.1 Å². The van der Waals surface area contributed by atoms with Crippen molar-refractivity contribution >= 4 is 11.9 Å². The number of carbonyl (C=O) groups excluding carboxylic acids is 2. The number of nitrogens with one attached hydrogen (secondary N) is 1. The van der Waals surface area contributed by atoms with Gasteiger partial charge in [-0.1, -0.05) is 0 Å². The van der Waals surface area contributed by atoms with E-state index in [4.69, 9.17) is 4.98 Å². The molecule has 0 radical (unpaired) electrons. The molecule has 0 saturated carbocycles. The minimum atomic E-state index is -0.261. The molecule has 7 heteroatoms. The summed E-state index contributed by atoms with van der Waals surface area (Å²) in [6.07, 6.45) is 6.75. The van der Waals surface area contributed by atoms with Gasteiger partial charge in [0.15, 0.2) is 0 Å². The Morgan fingerprint density at radius 1 is 1.25 bits per heavy atom. The van der Waals surface area contributed by atoms with E-state index >= 15 is 0 Å². The van der Waals surface area contributed by atoms with Gasteiger partial charge in [-0.25, -0.2) is 9.78 Å². The van der Waals surface area contributed by atoms with E-state index in [9.17, 15) is 9.59 Å². The Balaban J connectivity index is 1.52. The third-order valence-electron chi connectivity index (χ3n) is 5.57. The van der Waals surface area contributed by atoms with E-state index in [1.54, 1.807) is 0 Å². The number of hydrogen-bond acceptors (Lipinski definition) is 4. The zero-order valence-electron chi connectivity index (χ0n) is 14.3. The number of rotatable bonds is 3. The maximum absolute atomic E-state index is 12.5. The standard InChI is InChI=1S/C17H25N5O2/c1-20-13-6-3-2-5-12(13)19-16(20)14-7-4-9-21(14)11-15(23)22-10-8-18-17(22)24/h14H,2-11H2,1H3,(H,18,24)/t14-/m1/s1. The van der Waals surface area contributed by atoms with Crippen LogP contribution in [0.3, 0.4) is 0 Å². The summed E-state index contributed by atoms with van der Waals surface area (Å²) in [5.74, 6) is 0.994. The van der Waals surface area contributed by atoms with Crippen LogP contribution in [0.2, 0.25) is 0 Å². The molecule has 1 aromatic rings. The van der Waals surface area contributed by atoms with Crippen LogP contribution in [0.4, 0.5) is 4.79 Å². The molecule has 3 amide bonds. The molecule has 2 saturated heterocycles. The van der Waals surface area contributed by atoms with E-state index in [1.807, 2.05) is 0 Å². The average Bonchev–Trinajstić information content (AvgIpc) is 3.27. The fraction of sp³-hybridized carbons (Fsp3) is 0.706. The van der Waals surface area contributed by atoms with Gasteiger partial charge >= 0.3 is 6.03 Å². The summed E-state index contributed by atoms with van der Waals surface area (Å²) >= 11 is 0. The topological polar surface area (TPSA) is 70.5 Å². The Kier molecular flexibility index (Phi) is 4.04. The average molecular weight is 331 g/mol. The summed E-state index contributed by atoms with van der Waals surface area (Å²) in [7, 11) is 2.11. The van der Waals surface area contributed by atoms with Crippen molar-refractivity contribution in [3.63, 3.8) is 0 Å². The molecule has 7 nitrogen and oxygen atoms in total. The van der Waals surface area contributed by atoms with Crippen molar-refractivity contribution in [1.82, 2.24) is 24.7 Å². The molecular weight excluding hydrogens is 306 g/mol. The highest BCUT2D eigenvalue weighted by Gasteiger charge is 2.35. The molecule has 1 aromatic heterocycles. The first kappa shape index (κ1) is 15.6. The lowest BCUT2D eigenvalue weighted by Crippen LogP contribution is -2.42. The normalized spacial score (nSPS) is 24.3. The minimum Gasteiger partial charge on any atom is -0.336 e. The number of imide groups is 1. The summed E-state index contributed by atoms with van der Waals surface area (Å²) in [6, 6.07) is -0.0709. The summed E-state index contributed by atoms with van der Waals surface area (Å²) in [5, 5.41) is 2.69. The number of aromatic nitrogens is 2. The fourth-order valence-electron chi connectivity index (χ4n) is 4.28. The molecule has 2 fully saturated rings. The van der Waals surface area contributed by atoms with Crippen LogP contribution in [0.15, 0.2) is 0 Å². The van der Waals surface area contributed by atoms with Crippen molar-refractivity contribution in [3.8, 4) is 0 Å². The van der Waals surface area contributed by atoms with Gasteiger partial charge in [-0.3, -0.25) is 14.6 Å². The predicted octanol–water partition coefficient (Wildman–Crippen LogP) is 0.988. The molecule has 1 N–H and O–H groups in total. The molecule has 0 spiro atoms. The van der Waals surface area contributed by atoms with E-state index in [0.29, 0.717) is 19.6 Å². The van der Waals surface area contributed by atoms with Crippen molar-refractivity contribution in [2.45, 2.75) is 44.6 Å². The Morgan fingerprint density at radius 2 is 2.08 bits per heavy atom. The van der Waals surface area contributed by atoms with Gasteiger partial charge in [-0.15, -0.1) is 0 Å². The number of likely N-dealkylation sites (tertiary alicyclic amines) is 1. The maximum Gasteiger partial charge on any atom is 0.324 e. The van der Waals surface area contributed by atoms with Crippen LogP contribution in [0.1, 0.15) is 48.9 Å². The van der Waals surface area contributed by atoms with Crippen LogP contribution in [-0.2, 0) is 24.7 Å². The molecule has 24 heavy (non-hydrogen) atoms. The SMILES string of the molecule is Cn1c([C@H]2CCCN2CC(=O)N2CCNC2=O)nc2c1CCCC2. The summed E-state index contributed by atoms with van der Waals surface area (Å²) in [6.45, 7) is 2.23. The third-order valence-corrected chi connectivity index (χ3v) is 5.57. The maximum atomic E-state index is 12.5. The van der Waals surface area contributed by atoms with Crippen LogP contribution >= 0.6 is 0 Å². The highest BCUT2D eigenvalue weighted by molar-refractivity contribution is 5.96. The molecule has 4 rings (SSSR count). The summed E-state index contributed by atoms with van der Waals surface area (Å²) in [4.78, 5) is 32.6. The van der Waals surface area contributed by atoms with Crippen LogP contribution in [-0.4, -0.2) is 57.5 Å². The number of imidazole rings is 1. The molecule has 1 atom stereocenters. The Morgan fingerprint density at radius 3 is 2.83 bits per heavy atom. The summed E-state index contributed by atoms with van der Waals surface area (Å²) in [5.41, 5.74) is 2.61. The van der Waals surface area contributed by atoms with Crippen molar-refractivity contribution in [2.24, 2.45) is 7.05 Å². The first-order valence-corrected chi connectivity index (χ1v) is 9.02. The number of urea groups is 1. The first-order valence-electron chi connectivity index (χ1n) is 9.02. The van der Waals surface area contributed by atoms with Gasteiger partial charge in [0.1, 0.15) is 5.82 Å². The molecule has 1 aliphatic carbocycles. The molecule has 2 aliphatic heterocycles. The molecular formula is C17H25N5O2. The smallest absolute Gasteiger partial charge is 0.324 e. The van der Waals surface area contributed by atoms with Gasteiger partial charge < -0.3 is 9.88 Å². The third kappa shape index (κ3) is 2.60. The number of hydrogen-bond donors (Lipinski definition) is 1. The van der Waals surface area contributed by atoms with Crippen molar-refractivity contribution in [1.29, 1.82) is 0 Å². The molecule has 0 bridgehead atoms. The van der Waals surface area contributed by atoms with Crippen molar-refractivity contribution in [2.75, 3.05) is 26.2 Å². The molecule has 0 aromatic carbocycles. The van der Waals surface area contributed by atoms with Crippen LogP contribution in [0.5, 0.6) is 0 Å². The Hall–Kier alpha value is -1.89. The van der Waals surface area contributed by atoms with E-state index in [1.165, 1.54) is 29.1 Å². The van der Waals surface area contributed by atoms with E-state index in [2.05, 4.69) is 21.8 Å². The highest BCUT2D eigenvalue weighted by Crippen LogP contribution is 2.33. The number of nitrogens with zero attached hydrogens (tertiary/aromatic N) is 4. The highest BCUT2D eigenvalue weighted by atomic mass is 16.2. The zero-order valence-corrected chi connectivity index (χ0v) is 14.3.